The van der Waals surface area contributed by atoms with E-state index in [1.54, 1.807) is 30.3 Å². The Hall–Kier alpha value is -2.33. The summed E-state index contributed by atoms with van der Waals surface area (Å²) in [7, 11) is 0. The quantitative estimate of drug-likeness (QED) is 0.671. The molecule has 0 aliphatic rings. The van der Waals surface area contributed by atoms with Crippen molar-refractivity contribution in [1.82, 2.24) is 5.32 Å². The third-order valence-corrected chi connectivity index (χ3v) is 3.68. The average Bonchev–Trinajstić information content (AvgIpc) is 2.51. The summed E-state index contributed by atoms with van der Waals surface area (Å²) in [5.74, 6) is -0.118. The molecule has 0 aliphatic carbocycles. The van der Waals surface area contributed by atoms with Crippen LogP contribution in [0.1, 0.15) is 27.9 Å². The minimum absolute atomic E-state index is 0.103. The van der Waals surface area contributed by atoms with Crippen LogP contribution in [0.5, 0.6) is 5.75 Å². The molecule has 0 spiro atoms. The predicted molar refractivity (Wildman–Crippen MR) is 90.0 cm³/mol. The number of hydrogen-bond acceptors (Lipinski definition) is 3. The van der Waals surface area contributed by atoms with Crippen LogP contribution >= 0.6 is 11.6 Å². The smallest absolute Gasteiger partial charge is 0.312 e. The second kappa shape index (κ2) is 7.79. The van der Waals surface area contributed by atoms with Crippen LogP contribution in [-0.4, -0.2) is 18.4 Å². The lowest BCUT2D eigenvalue weighted by Gasteiger charge is -2.08. The monoisotopic (exact) mass is 331 g/mol. The van der Waals surface area contributed by atoms with E-state index >= 15 is 0 Å². The standard InChI is InChI=1S/C18H18ClNO3/c1-12-3-8-16(11-13(12)2)23-17(21)9-10-20-18(22)14-4-6-15(19)7-5-14/h3-8,11H,9-10H2,1-2H3,(H,20,22). The summed E-state index contributed by atoms with van der Waals surface area (Å²) in [6, 6.07) is 12.0. The van der Waals surface area contributed by atoms with Gasteiger partial charge in [0.05, 0.1) is 6.42 Å². The molecule has 0 unspecified atom stereocenters. The van der Waals surface area contributed by atoms with Crippen molar-refractivity contribution in [3.05, 3.63) is 64.2 Å². The Morgan fingerprint density at radius 2 is 1.74 bits per heavy atom. The van der Waals surface area contributed by atoms with Crippen LogP contribution in [0.4, 0.5) is 0 Å². The van der Waals surface area contributed by atoms with Gasteiger partial charge in [-0.2, -0.15) is 0 Å². The molecule has 1 amide bonds. The molecule has 1 N–H and O–H groups in total. The van der Waals surface area contributed by atoms with Crippen molar-refractivity contribution in [3.8, 4) is 5.75 Å². The summed E-state index contributed by atoms with van der Waals surface area (Å²) >= 11 is 5.77. The lowest BCUT2D eigenvalue weighted by atomic mass is 10.1. The van der Waals surface area contributed by atoms with Crippen LogP contribution < -0.4 is 10.1 Å². The van der Waals surface area contributed by atoms with Gasteiger partial charge in [-0.25, -0.2) is 0 Å². The van der Waals surface area contributed by atoms with Gasteiger partial charge in [0.1, 0.15) is 5.75 Å². The lowest BCUT2D eigenvalue weighted by Crippen LogP contribution is -2.27. The van der Waals surface area contributed by atoms with Crippen LogP contribution in [0, 0.1) is 13.8 Å². The summed E-state index contributed by atoms with van der Waals surface area (Å²) in [6.07, 6.45) is 0.103. The van der Waals surface area contributed by atoms with Crippen LogP contribution in [0.2, 0.25) is 5.02 Å². The molecule has 23 heavy (non-hydrogen) atoms. The third kappa shape index (κ3) is 5.11. The first-order valence-electron chi connectivity index (χ1n) is 7.27. The number of carbonyl (C=O) groups is 2. The van der Waals surface area contributed by atoms with Crippen LogP contribution in [-0.2, 0) is 4.79 Å². The Kier molecular flexibility index (Phi) is 5.77. The molecular formula is C18H18ClNO3. The summed E-state index contributed by atoms with van der Waals surface area (Å²) in [5, 5.41) is 3.24. The maximum Gasteiger partial charge on any atom is 0.312 e. The zero-order valence-corrected chi connectivity index (χ0v) is 13.8. The molecule has 0 aromatic heterocycles. The Labute approximate surface area is 140 Å². The van der Waals surface area contributed by atoms with Crippen molar-refractivity contribution >= 4 is 23.5 Å². The van der Waals surface area contributed by atoms with Gasteiger partial charge in [-0.1, -0.05) is 17.7 Å². The molecule has 5 heteroatoms. The van der Waals surface area contributed by atoms with E-state index in [1.807, 2.05) is 26.0 Å². The number of esters is 1. The highest BCUT2D eigenvalue weighted by molar-refractivity contribution is 6.30. The molecule has 2 rings (SSSR count). The van der Waals surface area contributed by atoms with Gasteiger partial charge in [-0.3, -0.25) is 9.59 Å². The van der Waals surface area contributed by atoms with E-state index in [4.69, 9.17) is 16.3 Å². The maximum absolute atomic E-state index is 11.9. The number of rotatable bonds is 5. The fourth-order valence-electron chi connectivity index (χ4n) is 1.94. The number of benzene rings is 2. The fraction of sp³-hybridized carbons (Fsp3) is 0.222. The van der Waals surface area contributed by atoms with Gasteiger partial charge < -0.3 is 10.1 Å². The van der Waals surface area contributed by atoms with Gasteiger partial charge in [-0.05, 0) is 61.4 Å². The minimum Gasteiger partial charge on any atom is -0.426 e. The number of halogens is 1. The van der Waals surface area contributed by atoms with Gasteiger partial charge in [0.2, 0.25) is 0 Å². The van der Waals surface area contributed by atoms with Gasteiger partial charge in [0, 0.05) is 17.1 Å². The maximum atomic E-state index is 11.9. The highest BCUT2D eigenvalue weighted by Gasteiger charge is 2.08. The minimum atomic E-state index is -0.385. The van der Waals surface area contributed by atoms with Gasteiger partial charge in [-0.15, -0.1) is 0 Å². The Balaban J connectivity index is 1.79. The molecule has 4 nitrogen and oxygen atoms in total. The molecular weight excluding hydrogens is 314 g/mol. The number of nitrogens with one attached hydrogen (secondary N) is 1. The molecule has 0 bridgehead atoms. The molecule has 0 aliphatic heterocycles. The number of aryl methyl sites for hydroxylation is 2. The van der Waals surface area contributed by atoms with E-state index in [0.717, 1.165) is 11.1 Å². The third-order valence-electron chi connectivity index (χ3n) is 3.43. The molecule has 2 aromatic rings. The number of ether oxygens (including phenoxy) is 1. The Morgan fingerprint density at radius 1 is 1.04 bits per heavy atom. The van der Waals surface area contributed by atoms with Crippen molar-refractivity contribution in [2.45, 2.75) is 20.3 Å². The molecule has 120 valence electrons. The van der Waals surface area contributed by atoms with E-state index in [0.29, 0.717) is 16.3 Å². The van der Waals surface area contributed by atoms with E-state index in [1.165, 1.54) is 0 Å². The fourth-order valence-corrected chi connectivity index (χ4v) is 2.07. The Morgan fingerprint density at radius 3 is 2.39 bits per heavy atom. The highest BCUT2D eigenvalue weighted by atomic mass is 35.5. The predicted octanol–water partition coefficient (Wildman–Crippen LogP) is 3.68. The summed E-state index contributed by atoms with van der Waals surface area (Å²) < 4.78 is 5.25. The topological polar surface area (TPSA) is 55.4 Å². The molecule has 0 saturated heterocycles. The zero-order valence-electron chi connectivity index (χ0n) is 13.1. The molecule has 0 radical (unpaired) electrons. The largest absolute Gasteiger partial charge is 0.426 e. The van der Waals surface area contributed by atoms with Crippen molar-refractivity contribution in [2.24, 2.45) is 0 Å². The van der Waals surface area contributed by atoms with Gasteiger partial charge >= 0.3 is 5.97 Å². The normalized spacial score (nSPS) is 10.2. The Bertz CT molecular complexity index is 711. The lowest BCUT2D eigenvalue weighted by molar-refractivity contribution is -0.134. The SMILES string of the molecule is Cc1ccc(OC(=O)CCNC(=O)c2ccc(Cl)cc2)cc1C. The van der Waals surface area contributed by atoms with Crippen molar-refractivity contribution in [2.75, 3.05) is 6.54 Å². The van der Waals surface area contributed by atoms with E-state index in [-0.39, 0.29) is 24.8 Å². The molecule has 0 saturated carbocycles. The zero-order chi connectivity index (χ0) is 16.8. The average molecular weight is 332 g/mol. The van der Waals surface area contributed by atoms with Crippen molar-refractivity contribution in [3.63, 3.8) is 0 Å². The first kappa shape index (κ1) is 17.0. The molecule has 2 aromatic carbocycles. The molecule has 0 atom stereocenters. The van der Waals surface area contributed by atoms with Crippen LogP contribution in [0.3, 0.4) is 0 Å². The number of amides is 1. The second-order valence-electron chi connectivity index (χ2n) is 5.23. The van der Waals surface area contributed by atoms with Crippen LogP contribution in [0.15, 0.2) is 42.5 Å². The molecule has 0 heterocycles. The first-order chi connectivity index (χ1) is 11.0. The highest BCUT2D eigenvalue weighted by Crippen LogP contribution is 2.16. The summed E-state index contributed by atoms with van der Waals surface area (Å²) in [4.78, 5) is 23.7. The van der Waals surface area contributed by atoms with Crippen molar-refractivity contribution in [1.29, 1.82) is 0 Å². The summed E-state index contributed by atoms with van der Waals surface area (Å²) in [6.45, 7) is 4.16. The first-order valence-corrected chi connectivity index (χ1v) is 7.65. The van der Waals surface area contributed by atoms with E-state index in [2.05, 4.69) is 5.32 Å². The van der Waals surface area contributed by atoms with Crippen LogP contribution in [0.25, 0.3) is 0 Å². The number of hydrogen-bond donors (Lipinski definition) is 1. The van der Waals surface area contributed by atoms with Gasteiger partial charge in [0.15, 0.2) is 0 Å². The van der Waals surface area contributed by atoms with E-state index < -0.39 is 0 Å². The second-order valence-corrected chi connectivity index (χ2v) is 5.67. The molecule has 0 fully saturated rings. The number of carbonyl (C=O) groups excluding carboxylic acids is 2. The summed E-state index contributed by atoms with van der Waals surface area (Å²) in [5.41, 5.74) is 2.70. The van der Waals surface area contributed by atoms with Crippen molar-refractivity contribution < 1.29 is 14.3 Å². The van der Waals surface area contributed by atoms with E-state index in [9.17, 15) is 9.59 Å². The van der Waals surface area contributed by atoms with Gasteiger partial charge in [0.25, 0.3) is 5.91 Å².